The molecular formula is C24H26N2O2. The second kappa shape index (κ2) is 6.77. The Bertz CT molecular complexity index is 902. The molecule has 144 valence electrons. The number of carbonyl (C=O) groups is 2. The first kappa shape index (κ1) is 17.5. The number of carbonyl (C=O) groups excluding carboxylic acids is 2. The lowest BCUT2D eigenvalue weighted by atomic mass is 9.89. The molecule has 0 unspecified atom stereocenters. The molecule has 1 heterocycles. The quantitative estimate of drug-likeness (QED) is 0.778. The average Bonchev–Trinajstić information content (AvgIpc) is 3.61. The fourth-order valence-corrected chi connectivity index (χ4v) is 4.47. The smallest absolute Gasteiger partial charge is 0.230 e. The van der Waals surface area contributed by atoms with Gasteiger partial charge >= 0.3 is 0 Å². The number of fused-ring (bicyclic) bond motifs is 1. The first-order valence-corrected chi connectivity index (χ1v) is 10.4. The third-order valence-corrected chi connectivity index (χ3v) is 6.23. The Labute approximate surface area is 166 Å². The predicted molar refractivity (Wildman–Crippen MR) is 110 cm³/mol. The van der Waals surface area contributed by atoms with Gasteiger partial charge in [-0.3, -0.25) is 9.59 Å². The van der Waals surface area contributed by atoms with Crippen LogP contribution in [-0.4, -0.2) is 17.9 Å². The molecule has 2 aliphatic carbocycles. The number of hydrogen-bond acceptors (Lipinski definition) is 2. The lowest BCUT2D eigenvalue weighted by Crippen LogP contribution is -2.48. The van der Waals surface area contributed by atoms with Gasteiger partial charge in [0.05, 0.1) is 6.04 Å². The highest BCUT2D eigenvalue weighted by molar-refractivity contribution is 6.00. The highest BCUT2D eigenvalue weighted by atomic mass is 16.2. The molecule has 2 amide bonds. The van der Waals surface area contributed by atoms with Gasteiger partial charge in [-0.15, -0.1) is 0 Å². The summed E-state index contributed by atoms with van der Waals surface area (Å²) in [5, 5.41) is 0. The summed E-state index contributed by atoms with van der Waals surface area (Å²) in [6.45, 7) is 2.12. The van der Waals surface area contributed by atoms with Crippen LogP contribution in [0.15, 0.2) is 54.6 Å². The SMILES string of the molecule is C[C@@H]1C[C@@H](N(C(=O)C2CC2)c2ccccc2)c2ccccc2N1C(=O)C1CC1. The first-order valence-electron chi connectivity index (χ1n) is 10.4. The minimum Gasteiger partial charge on any atom is -0.309 e. The molecule has 0 spiro atoms. The van der Waals surface area contributed by atoms with Crippen LogP contribution in [0.1, 0.15) is 50.6 Å². The summed E-state index contributed by atoms with van der Waals surface area (Å²) in [7, 11) is 0. The molecule has 0 radical (unpaired) electrons. The van der Waals surface area contributed by atoms with Gasteiger partial charge in [0.15, 0.2) is 0 Å². The van der Waals surface area contributed by atoms with Gasteiger partial charge in [-0.2, -0.15) is 0 Å². The van der Waals surface area contributed by atoms with Crippen LogP contribution >= 0.6 is 0 Å². The highest BCUT2D eigenvalue weighted by Gasteiger charge is 2.44. The van der Waals surface area contributed by atoms with Crippen LogP contribution in [0.25, 0.3) is 0 Å². The van der Waals surface area contributed by atoms with Crippen molar-refractivity contribution in [2.75, 3.05) is 9.80 Å². The maximum absolute atomic E-state index is 13.3. The van der Waals surface area contributed by atoms with Gasteiger partial charge in [0.2, 0.25) is 11.8 Å². The second-order valence-corrected chi connectivity index (χ2v) is 8.46. The number of benzene rings is 2. The molecule has 28 heavy (non-hydrogen) atoms. The number of para-hydroxylation sites is 2. The molecule has 5 rings (SSSR count). The summed E-state index contributed by atoms with van der Waals surface area (Å²) >= 11 is 0. The maximum atomic E-state index is 13.3. The van der Waals surface area contributed by atoms with Crippen LogP contribution in [-0.2, 0) is 9.59 Å². The number of rotatable bonds is 4. The molecule has 2 atom stereocenters. The van der Waals surface area contributed by atoms with Crippen LogP contribution in [0.5, 0.6) is 0 Å². The molecule has 2 saturated carbocycles. The largest absolute Gasteiger partial charge is 0.309 e. The van der Waals surface area contributed by atoms with Crippen molar-refractivity contribution in [3.63, 3.8) is 0 Å². The van der Waals surface area contributed by atoms with Crippen molar-refractivity contribution in [1.29, 1.82) is 0 Å². The van der Waals surface area contributed by atoms with Crippen molar-refractivity contribution in [2.24, 2.45) is 11.8 Å². The minimum atomic E-state index is -0.0371. The molecule has 1 aliphatic heterocycles. The number of nitrogens with zero attached hydrogens (tertiary/aromatic N) is 2. The molecule has 2 aromatic rings. The zero-order valence-corrected chi connectivity index (χ0v) is 16.3. The number of amides is 2. The van der Waals surface area contributed by atoms with E-state index in [9.17, 15) is 9.59 Å². The van der Waals surface area contributed by atoms with E-state index in [0.717, 1.165) is 49.0 Å². The predicted octanol–water partition coefficient (Wildman–Crippen LogP) is 4.71. The zero-order valence-electron chi connectivity index (χ0n) is 16.3. The normalized spacial score (nSPS) is 23.8. The van der Waals surface area contributed by atoms with Crippen molar-refractivity contribution in [1.82, 2.24) is 0 Å². The zero-order chi connectivity index (χ0) is 19.3. The molecule has 2 aromatic carbocycles. The Kier molecular flexibility index (Phi) is 4.22. The summed E-state index contributed by atoms with van der Waals surface area (Å²) in [4.78, 5) is 30.3. The van der Waals surface area contributed by atoms with Crippen molar-refractivity contribution in [3.05, 3.63) is 60.2 Å². The van der Waals surface area contributed by atoms with Crippen molar-refractivity contribution >= 4 is 23.2 Å². The topological polar surface area (TPSA) is 40.6 Å². The van der Waals surface area contributed by atoms with Gasteiger partial charge < -0.3 is 9.80 Å². The molecule has 2 fully saturated rings. The number of anilines is 2. The van der Waals surface area contributed by atoms with Crippen LogP contribution in [0.3, 0.4) is 0 Å². The van der Waals surface area contributed by atoms with E-state index in [0.29, 0.717) is 0 Å². The van der Waals surface area contributed by atoms with E-state index < -0.39 is 0 Å². The van der Waals surface area contributed by atoms with Crippen molar-refractivity contribution in [3.8, 4) is 0 Å². The maximum Gasteiger partial charge on any atom is 0.230 e. The van der Waals surface area contributed by atoms with Crippen LogP contribution in [0, 0.1) is 11.8 Å². The van der Waals surface area contributed by atoms with E-state index in [4.69, 9.17) is 0 Å². The van der Waals surface area contributed by atoms with E-state index in [1.54, 1.807) is 0 Å². The molecule has 4 heteroatoms. The Morgan fingerprint density at radius 3 is 2.21 bits per heavy atom. The lowest BCUT2D eigenvalue weighted by Gasteiger charge is -2.43. The summed E-state index contributed by atoms with van der Waals surface area (Å²) < 4.78 is 0. The number of hydrogen-bond donors (Lipinski definition) is 0. The van der Waals surface area contributed by atoms with E-state index in [-0.39, 0.29) is 35.7 Å². The van der Waals surface area contributed by atoms with E-state index in [2.05, 4.69) is 13.0 Å². The molecular weight excluding hydrogens is 348 g/mol. The highest BCUT2D eigenvalue weighted by Crippen LogP contribution is 2.46. The lowest BCUT2D eigenvalue weighted by molar-refractivity contribution is -0.120. The van der Waals surface area contributed by atoms with E-state index >= 15 is 0 Å². The monoisotopic (exact) mass is 374 g/mol. The second-order valence-electron chi connectivity index (χ2n) is 8.46. The van der Waals surface area contributed by atoms with Crippen molar-refractivity contribution < 1.29 is 9.59 Å². The molecule has 0 saturated heterocycles. The molecule has 0 N–H and O–H groups in total. The Balaban J connectivity index is 1.58. The Morgan fingerprint density at radius 2 is 1.54 bits per heavy atom. The van der Waals surface area contributed by atoms with E-state index in [1.807, 2.05) is 58.3 Å². The van der Waals surface area contributed by atoms with Gasteiger partial charge in [-0.1, -0.05) is 36.4 Å². The average molecular weight is 374 g/mol. The molecule has 4 nitrogen and oxygen atoms in total. The molecule has 0 bridgehead atoms. The van der Waals surface area contributed by atoms with Gasteiger partial charge in [-0.05, 0) is 62.8 Å². The van der Waals surface area contributed by atoms with Gasteiger partial charge in [0, 0.05) is 29.3 Å². The molecule has 0 aromatic heterocycles. The van der Waals surface area contributed by atoms with E-state index in [1.165, 1.54) is 0 Å². The summed E-state index contributed by atoms with van der Waals surface area (Å²) in [5.74, 6) is 0.803. The third kappa shape index (κ3) is 3.01. The Morgan fingerprint density at radius 1 is 0.893 bits per heavy atom. The third-order valence-electron chi connectivity index (χ3n) is 6.23. The van der Waals surface area contributed by atoms with Gasteiger partial charge in [-0.25, -0.2) is 0 Å². The molecule has 3 aliphatic rings. The van der Waals surface area contributed by atoms with Crippen molar-refractivity contribution in [2.45, 2.75) is 51.1 Å². The summed E-state index contributed by atoms with van der Waals surface area (Å²) in [5.41, 5.74) is 3.02. The Hall–Kier alpha value is -2.62. The summed E-state index contributed by atoms with van der Waals surface area (Å²) in [6.07, 6.45) is 4.74. The fourth-order valence-electron chi connectivity index (χ4n) is 4.47. The first-order chi connectivity index (χ1) is 13.6. The van der Waals surface area contributed by atoms with Crippen LogP contribution < -0.4 is 9.80 Å². The van der Waals surface area contributed by atoms with Crippen LogP contribution in [0.4, 0.5) is 11.4 Å². The van der Waals surface area contributed by atoms with Gasteiger partial charge in [0.25, 0.3) is 0 Å². The minimum absolute atomic E-state index is 0.0371. The summed E-state index contributed by atoms with van der Waals surface area (Å²) in [6, 6.07) is 18.2. The fraction of sp³-hybridized carbons (Fsp3) is 0.417. The van der Waals surface area contributed by atoms with Gasteiger partial charge in [0.1, 0.15) is 0 Å². The van der Waals surface area contributed by atoms with Crippen LogP contribution in [0.2, 0.25) is 0 Å². The standard InChI is InChI=1S/C24H26N2O2/c1-16-15-22(26(24(28)18-13-14-18)19-7-3-2-4-8-19)20-9-5-6-10-21(20)25(16)23(27)17-11-12-17/h2-10,16-18,22H,11-15H2,1H3/t16-,22-/m1/s1.